The molecule has 0 spiro atoms. The number of nitrogens with one attached hydrogen (secondary N) is 1. The molecule has 1 aromatic heterocycles. The van der Waals surface area contributed by atoms with E-state index in [1.807, 2.05) is 6.07 Å². The molecule has 0 fully saturated rings. The first-order valence-electron chi connectivity index (χ1n) is 7.48. The van der Waals surface area contributed by atoms with Crippen LogP contribution in [0.1, 0.15) is 45.4 Å². The van der Waals surface area contributed by atoms with Crippen molar-refractivity contribution in [3.05, 3.63) is 40.9 Å². The number of amides is 1. The molecule has 1 aromatic carbocycles. The van der Waals surface area contributed by atoms with E-state index in [2.05, 4.69) is 17.3 Å². The zero-order valence-corrected chi connectivity index (χ0v) is 12.3. The Morgan fingerprint density at radius 3 is 2.76 bits per heavy atom. The number of carbonyl (C=O) groups excluding carboxylic acids is 1. The van der Waals surface area contributed by atoms with E-state index >= 15 is 0 Å². The van der Waals surface area contributed by atoms with Crippen LogP contribution in [0.5, 0.6) is 0 Å². The fraction of sp³-hybridized carbons (Fsp3) is 0.438. The highest BCUT2D eigenvalue weighted by molar-refractivity contribution is 5.84. The van der Waals surface area contributed by atoms with Crippen molar-refractivity contribution in [1.82, 2.24) is 9.66 Å². The number of benzene rings is 1. The molecular weight excluding hydrogens is 266 g/mol. The predicted molar refractivity (Wildman–Crippen MR) is 83.7 cm³/mol. The molecule has 0 atom stereocenters. The van der Waals surface area contributed by atoms with Crippen LogP contribution in [0.4, 0.5) is 0 Å². The first-order chi connectivity index (χ1) is 10.2. The van der Waals surface area contributed by atoms with Gasteiger partial charge in [-0.1, -0.05) is 44.7 Å². The average Bonchev–Trinajstić information content (AvgIpc) is 2.50. The van der Waals surface area contributed by atoms with Crippen molar-refractivity contribution >= 4 is 16.8 Å². The topological polar surface area (TPSA) is 64.0 Å². The van der Waals surface area contributed by atoms with Crippen molar-refractivity contribution in [3.8, 4) is 0 Å². The third kappa shape index (κ3) is 4.15. The van der Waals surface area contributed by atoms with Crippen molar-refractivity contribution in [2.75, 3.05) is 5.43 Å². The van der Waals surface area contributed by atoms with E-state index in [9.17, 15) is 9.59 Å². The molecule has 112 valence electrons. The molecule has 0 bridgehead atoms. The number of unbranched alkanes of at least 4 members (excludes halogenated alkanes) is 4. The minimum Gasteiger partial charge on any atom is -0.273 e. The SMILES string of the molecule is CCCCCCCC(=O)Nn1cnc2ccccc2c1=O. The van der Waals surface area contributed by atoms with Gasteiger partial charge in [-0.3, -0.25) is 15.0 Å². The smallest absolute Gasteiger partial charge is 0.273 e. The molecular formula is C16H21N3O2. The zero-order chi connectivity index (χ0) is 15.1. The number of para-hydroxylation sites is 1. The summed E-state index contributed by atoms with van der Waals surface area (Å²) in [5, 5.41) is 0.503. The van der Waals surface area contributed by atoms with Crippen LogP contribution in [0, 0.1) is 0 Å². The van der Waals surface area contributed by atoms with Gasteiger partial charge < -0.3 is 0 Å². The number of aromatic nitrogens is 2. The third-order valence-electron chi connectivity index (χ3n) is 3.42. The fourth-order valence-corrected chi connectivity index (χ4v) is 2.23. The lowest BCUT2D eigenvalue weighted by Crippen LogP contribution is -2.33. The molecule has 2 aromatic rings. The Kier molecular flexibility index (Phi) is 5.49. The Labute approximate surface area is 124 Å². The monoisotopic (exact) mass is 287 g/mol. The van der Waals surface area contributed by atoms with Crippen LogP contribution >= 0.6 is 0 Å². The Morgan fingerprint density at radius 2 is 1.95 bits per heavy atom. The normalized spacial score (nSPS) is 10.7. The largest absolute Gasteiger partial charge is 0.280 e. The number of hydrogen-bond acceptors (Lipinski definition) is 3. The first-order valence-corrected chi connectivity index (χ1v) is 7.48. The molecule has 1 N–H and O–H groups in total. The summed E-state index contributed by atoms with van der Waals surface area (Å²) in [6.07, 6.45) is 7.23. The van der Waals surface area contributed by atoms with Crippen molar-refractivity contribution in [2.45, 2.75) is 45.4 Å². The lowest BCUT2D eigenvalue weighted by molar-refractivity contribution is -0.117. The molecule has 1 amide bonds. The van der Waals surface area contributed by atoms with Crippen LogP contribution in [0.15, 0.2) is 35.4 Å². The van der Waals surface area contributed by atoms with Gasteiger partial charge in [0.15, 0.2) is 0 Å². The van der Waals surface area contributed by atoms with Crippen LogP contribution < -0.4 is 11.0 Å². The second-order valence-electron chi connectivity index (χ2n) is 5.14. The van der Waals surface area contributed by atoms with Crippen molar-refractivity contribution in [2.24, 2.45) is 0 Å². The maximum Gasteiger partial charge on any atom is 0.280 e. The summed E-state index contributed by atoms with van der Waals surface area (Å²) in [7, 11) is 0. The Hall–Kier alpha value is -2.17. The molecule has 0 saturated heterocycles. The van der Waals surface area contributed by atoms with E-state index in [1.165, 1.54) is 19.2 Å². The molecule has 0 saturated carbocycles. The van der Waals surface area contributed by atoms with Crippen molar-refractivity contribution in [3.63, 3.8) is 0 Å². The molecule has 21 heavy (non-hydrogen) atoms. The van der Waals surface area contributed by atoms with E-state index in [0.717, 1.165) is 23.9 Å². The summed E-state index contributed by atoms with van der Waals surface area (Å²) in [6, 6.07) is 7.09. The van der Waals surface area contributed by atoms with Gasteiger partial charge in [0, 0.05) is 6.42 Å². The Morgan fingerprint density at radius 1 is 1.19 bits per heavy atom. The van der Waals surface area contributed by atoms with Crippen molar-refractivity contribution < 1.29 is 4.79 Å². The minimum atomic E-state index is -0.250. The summed E-state index contributed by atoms with van der Waals surface area (Å²) in [4.78, 5) is 28.2. The zero-order valence-electron chi connectivity index (χ0n) is 12.3. The lowest BCUT2D eigenvalue weighted by atomic mass is 10.1. The van der Waals surface area contributed by atoms with Crippen LogP contribution in [0.3, 0.4) is 0 Å². The van der Waals surface area contributed by atoms with Gasteiger partial charge in [0.25, 0.3) is 5.56 Å². The van der Waals surface area contributed by atoms with Crippen LogP contribution in [-0.2, 0) is 4.79 Å². The van der Waals surface area contributed by atoms with Crippen LogP contribution in [0.25, 0.3) is 10.9 Å². The maximum absolute atomic E-state index is 12.2. The predicted octanol–water partition coefficient (Wildman–Crippen LogP) is 2.83. The number of fused-ring (bicyclic) bond motifs is 1. The van der Waals surface area contributed by atoms with E-state index in [0.29, 0.717) is 17.3 Å². The van der Waals surface area contributed by atoms with E-state index in [4.69, 9.17) is 0 Å². The molecule has 0 aliphatic heterocycles. The first kappa shape index (κ1) is 15.2. The average molecular weight is 287 g/mol. The molecule has 1 heterocycles. The summed E-state index contributed by atoms with van der Waals surface area (Å²) in [6.45, 7) is 2.16. The summed E-state index contributed by atoms with van der Waals surface area (Å²) in [5.74, 6) is -0.148. The molecule has 2 rings (SSSR count). The van der Waals surface area contributed by atoms with Gasteiger partial charge in [-0.05, 0) is 18.6 Å². The molecule has 0 aliphatic carbocycles. The molecule has 5 heteroatoms. The Bertz CT molecular complexity index is 664. The minimum absolute atomic E-state index is 0.148. The van der Waals surface area contributed by atoms with E-state index in [1.54, 1.807) is 18.2 Å². The second kappa shape index (κ2) is 7.57. The summed E-state index contributed by atoms with van der Waals surface area (Å²) >= 11 is 0. The van der Waals surface area contributed by atoms with Gasteiger partial charge in [-0.15, -0.1) is 0 Å². The van der Waals surface area contributed by atoms with Gasteiger partial charge in [-0.2, -0.15) is 0 Å². The van der Waals surface area contributed by atoms with Gasteiger partial charge in [0.1, 0.15) is 6.33 Å². The highest BCUT2D eigenvalue weighted by atomic mass is 16.2. The number of hydrogen-bond donors (Lipinski definition) is 1. The third-order valence-corrected chi connectivity index (χ3v) is 3.42. The summed E-state index contributed by atoms with van der Waals surface area (Å²) in [5.41, 5.74) is 2.98. The van der Waals surface area contributed by atoms with E-state index in [-0.39, 0.29) is 11.5 Å². The Balaban J connectivity index is 1.95. The summed E-state index contributed by atoms with van der Waals surface area (Å²) < 4.78 is 1.16. The van der Waals surface area contributed by atoms with Crippen LogP contribution in [-0.4, -0.2) is 15.6 Å². The molecule has 0 unspecified atom stereocenters. The van der Waals surface area contributed by atoms with E-state index < -0.39 is 0 Å². The second-order valence-corrected chi connectivity index (χ2v) is 5.14. The maximum atomic E-state index is 12.2. The van der Waals surface area contributed by atoms with Crippen LogP contribution in [0.2, 0.25) is 0 Å². The highest BCUT2D eigenvalue weighted by Crippen LogP contribution is 2.06. The number of rotatable bonds is 7. The fourth-order valence-electron chi connectivity index (χ4n) is 2.23. The molecule has 5 nitrogen and oxygen atoms in total. The van der Waals surface area contributed by atoms with Gasteiger partial charge in [0.2, 0.25) is 5.91 Å². The molecule has 0 radical (unpaired) electrons. The van der Waals surface area contributed by atoms with Gasteiger partial charge in [-0.25, -0.2) is 9.66 Å². The standard InChI is InChI=1S/C16H21N3O2/c1-2-3-4-5-6-11-15(20)18-19-12-17-14-10-8-7-9-13(14)16(19)21/h7-10,12H,2-6,11H2,1H3,(H,18,20). The highest BCUT2D eigenvalue weighted by Gasteiger charge is 2.06. The van der Waals surface area contributed by atoms with Gasteiger partial charge in [0.05, 0.1) is 10.9 Å². The lowest BCUT2D eigenvalue weighted by Gasteiger charge is -2.08. The van der Waals surface area contributed by atoms with Gasteiger partial charge >= 0.3 is 0 Å². The quantitative estimate of drug-likeness (QED) is 0.796. The number of carbonyl (C=O) groups is 1. The molecule has 0 aliphatic rings. The van der Waals surface area contributed by atoms with Crippen molar-refractivity contribution in [1.29, 1.82) is 0 Å². The number of nitrogens with zero attached hydrogens (tertiary/aromatic N) is 2.